The van der Waals surface area contributed by atoms with Crippen molar-refractivity contribution in [3.63, 3.8) is 0 Å². The molecule has 1 aromatic heterocycles. The molecule has 2 aliphatic rings. The van der Waals surface area contributed by atoms with E-state index in [2.05, 4.69) is 15.5 Å². The smallest absolute Gasteiger partial charge is 0.410 e. The Morgan fingerprint density at radius 1 is 1.14 bits per heavy atom. The summed E-state index contributed by atoms with van der Waals surface area (Å²) >= 11 is 0. The molecule has 1 aromatic carbocycles. The van der Waals surface area contributed by atoms with Gasteiger partial charge in [-0.25, -0.2) is 9.48 Å². The molecule has 1 saturated carbocycles. The van der Waals surface area contributed by atoms with E-state index < -0.39 is 5.60 Å². The summed E-state index contributed by atoms with van der Waals surface area (Å²) < 4.78 is 13.2. The molecule has 2 aromatic rings. The van der Waals surface area contributed by atoms with Gasteiger partial charge in [-0.05, 0) is 86.6 Å². The molecule has 28 heavy (non-hydrogen) atoms. The zero-order chi connectivity index (χ0) is 19.8. The molecule has 0 atom stereocenters. The zero-order valence-electron chi connectivity index (χ0n) is 16.7. The molecule has 2 heterocycles. The average molecular weight is 385 g/mol. The molecule has 1 aliphatic heterocycles. The molecular formula is C20H27N5O3. The average Bonchev–Trinajstić information content (AvgIpc) is 3.15. The molecule has 1 spiro atoms. The SMILES string of the molecule is CC(C)(C)OC(=O)N1CCC2(CC1)CC(Oc1ccc(-n3cnnn3)cc1)C2. The van der Waals surface area contributed by atoms with Crippen LogP contribution in [0.25, 0.3) is 5.69 Å². The fourth-order valence-electron chi connectivity index (χ4n) is 4.04. The van der Waals surface area contributed by atoms with Crippen molar-refractivity contribution in [3.8, 4) is 11.4 Å². The number of benzene rings is 1. The van der Waals surface area contributed by atoms with Gasteiger partial charge in [-0.15, -0.1) is 5.10 Å². The summed E-state index contributed by atoms with van der Waals surface area (Å²) in [6, 6.07) is 7.79. The third-order valence-corrected chi connectivity index (χ3v) is 5.55. The standard InChI is InChI=1S/C20H27N5O3/c1-19(2,3)28-18(26)24-10-8-20(9-11-24)12-17(13-20)27-16-6-4-15(5-7-16)25-14-21-22-23-25/h4-7,14,17H,8-13H2,1-3H3. The van der Waals surface area contributed by atoms with Crippen LogP contribution in [0.5, 0.6) is 5.75 Å². The van der Waals surface area contributed by atoms with Gasteiger partial charge in [-0.1, -0.05) is 0 Å². The van der Waals surface area contributed by atoms with Crippen LogP contribution in [0.2, 0.25) is 0 Å². The minimum atomic E-state index is -0.443. The van der Waals surface area contributed by atoms with E-state index in [0.717, 1.165) is 50.2 Å². The van der Waals surface area contributed by atoms with E-state index in [0.29, 0.717) is 5.41 Å². The number of nitrogens with zero attached hydrogens (tertiary/aromatic N) is 5. The summed E-state index contributed by atoms with van der Waals surface area (Å²) in [5.41, 5.74) is 0.772. The van der Waals surface area contributed by atoms with E-state index >= 15 is 0 Å². The van der Waals surface area contributed by atoms with E-state index in [9.17, 15) is 4.79 Å². The number of tetrazole rings is 1. The van der Waals surface area contributed by atoms with Gasteiger partial charge in [0.25, 0.3) is 0 Å². The van der Waals surface area contributed by atoms with Gasteiger partial charge in [-0.2, -0.15) is 0 Å². The molecule has 0 radical (unpaired) electrons. The summed E-state index contributed by atoms with van der Waals surface area (Å²) in [6.07, 6.45) is 5.74. The Bertz CT molecular complexity index is 797. The van der Waals surface area contributed by atoms with E-state index in [1.54, 1.807) is 11.0 Å². The van der Waals surface area contributed by atoms with Crippen LogP contribution in [0.1, 0.15) is 46.5 Å². The first-order chi connectivity index (χ1) is 13.3. The fourth-order valence-corrected chi connectivity index (χ4v) is 4.04. The topological polar surface area (TPSA) is 82.4 Å². The van der Waals surface area contributed by atoms with Crippen LogP contribution in [-0.4, -0.2) is 56.0 Å². The van der Waals surface area contributed by atoms with Gasteiger partial charge in [0.1, 0.15) is 17.7 Å². The fraction of sp³-hybridized carbons (Fsp3) is 0.600. The lowest BCUT2D eigenvalue weighted by atomic mass is 9.61. The first kappa shape index (κ1) is 18.7. The predicted octanol–water partition coefficient (Wildman–Crippen LogP) is 3.22. The summed E-state index contributed by atoms with van der Waals surface area (Å²) in [7, 11) is 0. The summed E-state index contributed by atoms with van der Waals surface area (Å²) in [5, 5.41) is 11.2. The number of rotatable bonds is 3. The maximum Gasteiger partial charge on any atom is 0.410 e. The number of carbonyl (C=O) groups excluding carboxylic acids is 1. The van der Waals surface area contributed by atoms with Gasteiger partial charge in [0.2, 0.25) is 0 Å². The van der Waals surface area contributed by atoms with E-state index in [-0.39, 0.29) is 12.2 Å². The lowest BCUT2D eigenvalue weighted by Crippen LogP contribution is -2.52. The highest BCUT2D eigenvalue weighted by molar-refractivity contribution is 5.68. The minimum absolute atomic E-state index is 0.197. The largest absolute Gasteiger partial charge is 0.490 e. The minimum Gasteiger partial charge on any atom is -0.490 e. The van der Waals surface area contributed by atoms with E-state index in [1.165, 1.54) is 0 Å². The molecule has 8 nitrogen and oxygen atoms in total. The highest BCUT2D eigenvalue weighted by atomic mass is 16.6. The van der Waals surface area contributed by atoms with Crippen LogP contribution < -0.4 is 4.74 Å². The summed E-state index contributed by atoms with van der Waals surface area (Å²) in [5.74, 6) is 0.864. The van der Waals surface area contributed by atoms with E-state index in [4.69, 9.17) is 9.47 Å². The molecular weight excluding hydrogens is 358 g/mol. The van der Waals surface area contributed by atoms with Crippen molar-refractivity contribution in [1.29, 1.82) is 0 Å². The Labute approximate surface area is 164 Å². The predicted molar refractivity (Wildman–Crippen MR) is 102 cm³/mol. The van der Waals surface area contributed by atoms with Crippen molar-refractivity contribution < 1.29 is 14.3 Å². The van der Waals surface area contributed by atoms with Gasteiger partial charge in [0.05, 0.1) is 11.8 Å². The Balaban J connectivity index is 1.24. The quantitative estimate of drug-likeness (QED) is 0.807. The zero-order valence-corrected chi connectivity index (χ0v) is 16.7. The molecule has 8 heteroatoms. The lowest BCUT2D eigenvalue weighted by Gasteiger charge is -2.51. The molecule has 1 aliphatic carbocycles. The second-order valence-corrected chi connectivity index (χ2v) is 8.86. The Hall–Kier alpha value is -2.64. The summed E-state index contributed by atoms with van der Waals surface area (Å²) in [4.78, 5) is 14.1. The number of amides is 1. The molecule has 0 N–H and O–H groups in total. The first-order valence-electron chi connectivity index (χ1n) is 9.80. The number of likely N-dealkylation sites (tertiary alicyclic amines) is 1. The Kier molecular flexibility index (Phi) is 4.72. The van der Waals surface area contributed by atoms with Gasteiger partial charge >= 0.3 is 6.09 Å². The van der Waals surface area contributed by atoms with Crippen molar-refractivity contribution in [3.05, 3.63) is 30.6 Å². The highest BCUT2D eigenvalue weighted by Gasteiger charge is 2.47. The van der Waals surface area contributed by atoms with Crippen molar-refractivity contribution >= 4 is 6.09 Å². The normalized spacial score (nSPS) is 19.3. The van der Waals surface area contributed by atoms with Crippen LogP contribution in [0.3, 0.4) is 0 Å². The molecule has 0 bridgehead atoms. The second kappa shape index (κ2) is 7.07. The third kappa shape index (κ3) is 4.10. The van der Waals surface area contributed by atoms with Gasteiger partial charge < -0.3 is 14.4 Å². The van der Waals surface area contributed by atoms with Crippen molar-refractivity contribution in [1.82, 2.24) is 25.1 Å². The van der Waals surface area contributed by atoms with Gasteiger partial charge in [0.15, 0.2) is 0 Å². The maximum absolute atomic E-state index is 12.2. The van der Waals surface area contributed by atoms with Crippen LogP contribution in [-0.2, 0) is 4.74 Å². The van der Waals surface area contributed by atoms with Crippen LogP contribution in [0.15, 0.2) is 30.6 Å². The molecule has 2 fully saturated rings. The van der Waals surface area contributed by atoms with Crippen LogP contribution in [0, 0.1) is 5.41 Å². The van der Waals surface area contributed by atoms with Crippen LogP contribution >= 0.6 is 0 Å². The second-order valence-electron chi connectivity index (χ2n) is 8.86. The van der Waals surface area contributed by atoms with Crippen molar-refractivity contribution in [2.75, 3.05) is 13.1 Å². The van der Waals surface area contributed by atoms with E-state index in [1.807, 2.05) is 49.9 Å². The first-order valence-corrected chi connectivity index (χ1v) is 9.80. The molecule has 0 unspecified atom stereocenters. The number of piperidine rings is 1. The number of hydrogen-bond acceptors (Lipinski definition) is 6. The number of hydrogen-bond donors (Lipinski definition) is 0. The van der Waals surface area contributed by atoms with Gasteiger partial charge in [0, 0.05) is 13.1 Å². The number of carbonyl (C=O) groups is 1. The van der Waals surface area contributed by atoms with Gasteiger partial charge in [-0.3, -0.25) is 0 Å². The number of ether oxygens (including phenoxy) is 2. The highest BCUT2D eigenvalue weighted by Crippen LogP contribution is 2.50. The number of aromatic nitrogens is 4. The maximum atomic E-state index is 12.2. The Morgan fingerprint density at radius 2 is 1.82 bits per heavy atom. The van der Waals surface area contributed by atoms with Crippen LogP contribution in [0.4, 0.5) is 4.79 Å². The molecule has 1 saturated heterocycles. The third-order valence-electron chi connectivity index (χ3n) is 5.55. The molecule has 150 valence electrons. The van der Waals surface area contributed by atoms with Crippen molar-refractivity contribution in [2.24, 2.45) is 5.41 Å². The summed E-state index contributed by atoms with van der Waals surface area (Å²) in [6.45, 7) is 7.24. The molecule has 4 rings (SSSR count). The monoisotopic (exact) mass is 385 g/mol. The Morgan fingerprint density at radius 3 is 2.39 bits per heavy atom. The molecule has 1 amide bonds. The van der Waals surface area contributed by atoms with Crippen molar-refractivity contribution in [2.45, 2.75) is 58.2 Å². The lowest BCUT2D eigenvalue weighted by molar-refractivity contribution is -0.0583.